The van der Waals surface area contributed by atoms with Gasteiger partial charge < -0.3 is 10.2 Å². The molecule has 0 radical (unpaired) electrons. The number of ketones is 2. The van der Waals surface area contributed by atoms with E-state index in [-0.39, 0.29) is 29.2 Å². The van der Waals surface area contributed by atoms with Gasteiger partial charge in [-0.05, 0) is 87.3 Å². The molecule has 0 amide bonds. The second kappa shape index (κ2) is 8.87. The Hall–Kier alpha value is -2.53. The molecule has 2 aliphatic heterocycles. The van der Waals surface area contributed by atoms with E-state index in [0.29, 0.717) is 5.56 Å². The number of Topliss-reactive ketones (excluding diaryl/α,β-unsaturated/α-hetero) is 2. The van der Waals surface area contributed by atoms with Crippen LogP contribution >= 0.6 is 0 Å². The van der Waals surface area contributed by atoms with E-state index in [4.69, 9.17) is 0 Å². The van der Waals surface area contributed by atoms with Crippen molar-refractivity contribution >= 4 is 17.3 Å². The summed E-state index contributed by atoms with van der Waals surface area (Å²) in [6, 6.07) is 13.8. The Morgan fingerprint density at radius 2 is 1.24 bits per heavy atom. The number of piperidine rings is 2. The highest BCUT2D eigenvalue weighted by molar-refractivity contribution is 5.98. The zero-order valence-corrected chi connectivity index (χ0v) is 16.6. The molecule has 0 unspecified atom stereocenters. The zero-order chi connectivity index (χ0) is 20.2. The van der Waals surface area contributed by atoms with Gasteiger partial charge in [0.05, 0.1) is 0 Å². The highest BCUT2D eigenvalue weighted by atomic mass is 19.1. The molecule has 0 spiro atoms. The number of carbonyl (C=O) groups is 2. The van der Waals surface area contributed by atoms with Crippen LogP contribution in [0.1, 0.15) is 46.4 Å². The first kappa shape index (κ1) is 19.8. The van der Waals surface area contributed by atoms with E-state index in [0.717, 1.165) is 63.1 Å². The summed E-state index contributed by atoms with van der Waals surface area (Å²) < 4.78 is 13.1. The van der Waals surface area contributed by atoms with Crippen molar-refractivity contribution < 1.29 is 14.0 Å². The number of nitrogens with one attached hydrogen (secondary N) is 1. The topological polar surface area (TPSA) is 49.4 Å². The Labute approximate surface area is 171 Å². The normalized spacial score (nSPS) is 18.6. The van der Waals surface area contributed by atoms with Crippen molar-refractivity contribution in [2.75, 3.05) is 31.1 Å². The van der Waals surface area contributed by atoms with Crippen LogP contribution in [0.2, 0.25) is 0 Å². The van der Waals surface area contributed by atoms with Gasteiger partial charge in [0.2, 0.25) is 0 Å². The average molecular weight is 394 g/mol. The van der Waals surface area contributed by atoms with Gasteiger partial charge >= 0.3 is 0 Å². The fraction of sp³-hybridized carbons (Fsp3) is 0.417. The summed E-state index contributed by atoms with van der Waals surface area (Å²) in [4.78, 5) is 27.6. The first-order valence-corrected chi connectivity index (χ1v) is 10.5. The Bertz CT molecular complexity index is 849. The van der Waals surface area contributed by atoms with Gasteiger partial charge in [-0.15, -0.1) is 0 Å². The molecule has 1 N–H and O–H groups in total. The molecule has 29 heavy (non-hydrogen) atoms. The molecule has 0 aliphatic carbocycles. The smallest absolute Gasteiger partial charge is 0.166 e. The molecule has 152 valence electrons. The van der Waals surface area contributed by atoms with Gasteiger partial charge in [-0.25, -0.2) is 4.39 Å². The molecule has 2 fully saturated rings. The van der Waals surface area contributed by atoms with Crippen LogP contribution in [-0.4, -0.2) is 37.7 Å². The summed E-state index contributed by atoms with van der Waals surface area (Å²) in [5.74, 6) is 0.153. The molecule has 2 aromatic rings. The molecule has 5 heteroatoms. The van der Waals surface area contributed by atoms with Gasteiger partial charge in [0, 0.05) is 41.7 Å². The molecule has 0 aromatic heterocycles. The number of rotatable bonds is 5. The summed E-state index contributed by atoms with van der Waals surface area (Å²) >= 11 is 0. The van der Waals surface area contributed by atoms with Gasteiger partial charge in [0.1, 0.15) is 5.82 Å². The molecular weight excluding hydrogens is 367 g/mol. The van der Waals surface area contributed by atoms with E-state index in [9.17, 15) is 14.0 Å². The van der Waals surface area contributed by atoms with Crippen LogP contribution in [0.4, 0.5) is 10.1 Å². The van der Waals surface area contributed by atoms with Crippen LogP contribution in [0.3, 0.4) is 0 Å². The Kier molecular flexibility index (Phi) is 6.05. The van der Waals surface area contributed by atoms with Crippen molar-refractivity contribution in [3.63, 3.8) is 0 Å². The van der Waals surface area contributed by atoms with Gasteiger partial charge in [0.25, 0.3) is 0 Å². The lowest BCUT2D eigenvalue weighted by atomic mass is 9.88. The van der Waals surface area contributed by atoms with Crippen molar-refractivity contribution in [1.29, 1.82) is 0 Å². The SMILES string of the molecule is O=C(c1ccc(N2CCC(C(=O)c3ccc(F)cc3)CC2)cc1)C1CCNCC1. The summed E-state index contributed by atoms with van der Waals surface area (Å²) in [6.45, 7) is 3.44. The minimum absolute atomic E-state index is 0.0162. The molecule has 0 atom stereocenters. The lowest BCUT2D eigenvalue weighted by Crippen LogP contribution is -2.36. The van der Waals surface area contributed by atoms with E-state index >= 15 is 0 Å². The summed E-state index contributed by atoms with van der Waals surface area (Å²) in [5.41, 5.74) is 2.48. The number of anilines is 1. The molecule has 2 aromatic carbocycles. The lowest BCUT2D eigenvalue weighted by molar-refractivity contribution is 0.0889. The molecule has 2 saturated heterocycles. The van der Waals surface area contributed by atoms with Crippen LogP contribution in [-0.2, 0) is 0 Å². The largest absolute Gasteiger partial charge is 0.371 e. The minimum Gasteiger partial charge on any atom is -0.371 e. The van der Waals surface area contributed by atoms with Crippen molar-refractivity contribution in [3.8, 4) is 0 Å². The third-order valence-electron chi connectivity index (χ3n) is 6.22. The van der Waals surface area contributed by atoms with E-state index in [1.807, 2.05) is 24.3 Å². The first-order chi connectivity index (χ1) is 14.1. The highest BCUT2D eigenvalue weighted by Crippen LogP contribution is 2.27. The predicted octanol–water partition coefficient (Wildman–Crippen LogP) is 4.11. The molecular formula is C24H27FN2O2. The fourth-order valence-electron chi connectivity index (χ4n) is 4.41. The van der Waals surface area contributed by atoms with Gasteiger partial charge in [-0.3, -0.25) is 9.59 Å². The maximum atomic E-state index is 13.1. The van der Waals surface area contributed by atoms with Crippen LogP contribution in [0.15, 0.2) is 48.5 Å². The van der Waals surface area contributed by atoms with E-state index in [1.54, 1.807) is 12.1 Å². The van der Waals surface area contributed by atoms with Crippen molar-refractivity contribution in [2.24, 2.45) is 11.8 Å². The third kappa shape index (κ3) is 4.56. The monoisotopic (exact) mass is 394 g/mol. The van der Waals surface area contributed by atoms with E-state index < -0.39 is 0 Å². The van der Waals surface area contributed by atoms with Gasteiger partial charge in [0.15, 0.2) is 11.6 Å². The number of halogens is 1. The van der Waals surface area contributed by atoms with E-state index in [2.05, 4.69) is 10.2 Å². The quantitative estimate of drug-likeness (QED) is 0.776. The summed E-state index contributed by atoms with van der Waals surface area (Å²) in [7, 11) is 0. The molecule has 0 saturated carbocycles. The number of benzene rings is 2. The Morgan fingerprint density at radius 3 is 1.79 bits per heavy atom. The van der Waals surface area contributed by atoms with Crippen molar-refractivity contribution in [1.82, 2.24) is 5.32 Å². The summed E-state index contributed by atoms with van der Waals surface area (Å²) in [5, 5.41) is 3.30. The Morgan fingerprint density at radius 1 is 0.759 bits per heavy atom. The van der Waals surface area contributed by atoms with Crippen LogP contribution < -0.4 is 10.2 Å². The third-order valence-corrected chi connectivity index (χ3v) is 6.22. The number of hydrogen-bond donors (Lipinski definition) is 1. The maximum Gasteiger partial charge on any atom is 0.166 e. The highest BCUT2D eigenvalue weighted by Gasteiger charge is 2.26. The van der Waals surface area contributed by atoms with Gasteiger partial charge in [-0.1, -0.05) is 0 Å². The molecule has 4 rings (SSSR count). The van der Waals surface area contributed by atoms with Crippen molar-refractivity contribution in [3.05, 3.63) is 65.5 Å². The summed E-state index contributed by atoms with van der Waals surface area (Å²) in [6.07, 6.45) is 3.39. The minimum atomic E-state index is -0.321. The molecule has 0 bridgehead atoms. The number of nitrogens with zero attached hydrogens (tertiary/aromatic N) is 1. The number of hydrogen-bond acceptors (Lipinski definition) is 4. The predicted molar refractivity (Wildman–Crippen MR) is 112 cm³/mol. The fourth-order valence-corrected chi connectivity index (χ4v) is 4.41. The lowest BCUT2D eigenvalue weighted by Gasteiger charge is -2.33. The van der Waals surface area contributed by atoms with Crippen LogP contribution in [0.5, 0.6) is 0 Å². The molecule has 2 aliphatic rings. The van der Waals surface area contributed by atoms with Crippen LogP contribution in [0.25, 0.3) is 0 Å². The van der Waals surface area contributed by atoms with E-state index in [1.165, 1.54) is 12.1 Å². The standard InChI is InChI=1S/C24H27FN2O2/c25-21-5-1-17(2-6-21)24(29)20-11-15-27(16-12-20)22-7-3-18(4-8-22)23(28)19-9-13-26-14-10-19/h1-8,19-20,26H,9-16H2. The number of carbonyl (C=O) groups excluding carboxylic acids is 2. The van der Waals surface area contributed by atoms with Crippen LogP contribution in [0, 0.1) is 17.7 Å². The first-order valence-electron chi connectivity index (χ1n) is 10.5. The zero-order valence-electron chi connectivity index (χ0n) is 16.6. The average Bonchev–Trinajstić information content (AvgIpc) is 2.79. The molecule has 4 nitrogen and oxygen atoms in total. The van der Waals surface area contributed by atoms with Crippen molar-refractivity contribution in [2.45, 2.75) is 25.7 Å². The Balaban J connectivity index is 1.34. The molecule has 2 heterocycles. The van der Waals surface area contributed by atoms with Gasteiger partial charge in [-0.2, -0.15) is 0 Å². The second-order valence-electron chi connectivity index (χ2n) is 8.07. The maximum absolute atomic E-state index is 13.1. The second-order valence-corrected chi connectivity index (χ2v) is 8.07.